The molecule has 6 nitrogen and oxygen atoms in total. The molecule has 2 aromatic carbocycles. The Hall–Kier alpha value is -2.93. The van der Waals surface area contributed by atoms with Gasteiger partial charge in [0.05, 0.1) is 29.9 Å². The Morgan fingerprint density at radius 1 is 1.07 bits per heavy atom. The van der Waals surface area contributed by atoms with Crippen LogP contribution in [0, 0.1) is 0 Å². The lowest BCUT2D eigenvalue weighted by Crippen LogP contribution is -2.28. The van der Waals surface area contributed by atoms with Gasteiger partial charge >= 0.3 is 5.97 Å². The molecule has 0 atom stereocenters. The van der Waals surface area contributed by atoms with Crippen molar-refractivity contribution in [2.75, 3.05) is 14.2 Å². The predicted molar refractivity (Wildman–Crippen MR) is 106 cm³/mol. The highest BCUT2D eigenvalue weighted by atomic mass is 79.9. The zero-order chi connectivity index (χ0) is 19.4. The SMILES string of the molecule is COC(=O)Cn1nc(-c2ccccc2)cc(-c2ccc(OC)c(Br)c2)c1=O. The van der Waals surface area contributed by atoms with Crippen molar-refractivity contribution in [2.24, 2.45) is 0 Å². The van der Waals surface area contributed by atoms with Gasteiger partial charge in [0.1, 0.15) is 12.3 Å². The van der Waals surface area contributed by atoms with Crippen molar-refractivity contribution in [3.8, 4) is 28.1 Å². The third-order valence-electron chi connectivity index (χ3n) is 4.01. The van der Waals surface area contributed by atoms with Crippen molar-refractivity contribution in [1.82, 2.24) is 9.78 Å². The van der Waals surface area contributed by atoms with Gasteiger partial charge in [0.2, 0.25) is 0 Å². The van der Waals surface area contributed by atoms with E-state index in [9.17, 15) is 9.59 Å². The highest BCUT2D eigenvalue weighted by Gasteiger charge is 2.15. The number of hydrogen-bond donors (Lipinski definition) is 0. The lowest BCUT2D eigenvalue weighted by Gasteiger charge is -2.11. The summed E-state index contributed by atoms with van der Waals surface area (Å²) in [5.41, 5.74) is 2.16. The van der Waals surface area contributed by atoms with Gasteiger partial charge in [-0.3, -0.25) is 9.59 Å². The van der Waals surface area contributed by atoms with Gasteiger partial charge < -0.3 is 9.47 Å². The van der Waals surface area contributed by atoms with Crippen LogP contribution in [0.25, 0.3) is 22.4 Å². The second-order valence-corrected chi connectivity index (χ2v) is 6.55. The number of nitrogens with zero attached hydrogens (tertiary/aromatic N) is 2. The largest absolute Gasteiger partial charge is 0.496 e. The first kappa shape index (κ1) is 18.8. The molecule has 0 N–H and O–H groups in total. The lowest BCUT2D eigenvalue weighted by atomic mass is 10.0. The fourth-order valence-corrected chi connectivity index (χ4v) is 3.17. The molecular weight excluding hydrogens is 412 g/mol. The summed E-state index contributed by atoms with van der Waals surface area (Å²) < 4.78 is 11.8. The number of ether oxygens (including phenoxy) is 2. The average molecular weight is 429 g/mol. The first-order chi connectivity index (χ1) is 13.0. The van der Waals surface area contributed by atoms with E-state index in [-0.39, 0.29) is 12.1 Å². The third kappa shape index (κ3) is 4.09. The minimum atomic E-state index is -0.545. The second-order valence-electron chi connectivity index (χ2n) is 5.70. The number of hydrogen-bond acceptors (Lipinski definition) is 5. The number of carbonyl (C=O) groups is 1. The van der Waals surface area contributed by atoms with E-state index in [1.807, 2.05) is 30.3 Å². The molecular formula is C20H17BrN2O4. The van der Waals surface area contributed by atoms with Crippen molar-refractivity contribution in [3.63, 3.8) is 0 Å². The summed E-state index contributed by atoms with van der Waals surface area (Å²) in [6, 6.07) is 16.5. The summed E-state index contributed by atoms with van der Waals surface area (Å²) in [7, 11) is 2.85. The van der Waals surface area contributed by atoms with Crippen molar-refractivity contribution in [3.05, 3.63) is 69.4 Å². The summed E-state index contributed by atoms with van der Waals surface area (Å²) in [6.07, 6.45) is 0. The molecule has 0 saturated carbocycles. The Morgan fingerprint density at radius 2 is 1.81 bits per heavy atom. The molecule has 0 radical (unpaired) electrons. The van der Waals surface area contributed by atoms with E-state index >= 15 is 0 Å². The minimum absolute atomic E-state index is 0.264. The van der Waals surface area contributed by atoms with E-state index in [1.54, 1.807) is 31.4 Å². The van der Waals surface area contributed by atoms with Gasteiger partial charge in [0.25, 0.3) is 5.56 Å². The van der Waals surface area contributed by atoms with Gasteiger partial charge in [-0.1, -0.05) is 36.4 Å². The topological polar surface area (TPSA) is 70.4 Å². The summed E-state index contributed by atoms with van der Waals surface area (Å²) in [6.45, 7) is -0.264. The van der Waals surface area contributed by atoms with Crippen LogP contribution in [0.4, 0.5) is 0 Å². The summed E-state index contributed by atoms with van der Waals surface area (Å²) in [4.78, 5) is 24.6. The summed E-state index contributed by atoms with van der Waals surface area (Å²) in [5.74, 6) is 0.114. The molecule has 1 aromatic heterocycles. The molecule has 27 heavy (non-hydrogen) atoms. The molecule has 3 rings (SSSR count). The minimum Gasteiger partial charge on any atom is -0.496 e. The van der Waals surface area contributed by atoms with Crippen molar-refractivity contribution in [1.29, 1.82) is 0 Å². The van der Waals surface area contributed by atoms with Crippen LogP contribution in [0.15, 0.2) is 63.9 Å². The maximum absolute atomic E-state index is 12.9. The van der Waals surface area contributed by atoms with Crippen LogP contribution in [0.5, 0.6) is 5.75 Å². The monoisotopic (exact) mass is 428 g/mol. The molecule has 0 unspecified atom stereocenters. The lowest BCUT2D eigenvalue weighted by molar-refractivity contribution is -0.141. The average Bonchev–Trinajstić information content (AvgIpc) is 2.70. The molecule has 138 valence electrons. The first-order valence-corrected chi connectivity index (χ1v) is 8.91. The number of halogens is 1. The van der Waals surface area contributed by atoms with Crippen LogP contribution in [-0.2, 0) is 16.1 Å². The van der Waals surface area contributed by atoms with Gasteiger partial charge in [-0.05, 0) is 39.7 Å². The van der Waals surface area contributed by atoms with E-state index in [2.05, 4.69) is 25.8 Å². The molecule has 0 aliphatic heterocycles. The smallest absolute Gasteiger partial charge is 0.327 e. The van der Waals surface area contributed by atoms with E-state index < -0.39 is 5.97 Å². The molecule has 1 heterocycles. The maximum atomic E-state index is 12.9. The van der Waals surface area contributed by atoms with Gasteiger partial charge in [0, 0.05) is 5.56 Å². The number of aromatic nitrogens is 2. The van der Waals surface area contributed by atoms with Crippen LogP contribution in [0.2, 0.25) is 0 Å². The zero-order valence-corrected chi connectivity index (χ0v) is 16.4. The number of rotatable bonds is 5. The van der Waals surface area contributed by atoms with Crippen LogP contribution in [0.1, 0.15) is 0 Å². The van der Waals surface area contributed by atoms with Gasteiger partial charge in [-0.25, -0.2) is 4.68 Å². The Morgan fingerprint density at radius 3 is 2.44 bits per heavy atom. The number of benzene rings is 2. The molecule has 0 aliphatic rings. The Bertz CT molecular complexity index is 1030. The molecule has 3 aromatic rings. The number of methoxy groups -OCH3 is 2. The molecule has 0 saturated heterocycles. The Balaban J connectivity index is 2.20. The highest BCUT2D eigenvalue weighted by molar-refractivity contribution is 9.10. The number of carbonyl (C=O) groups excluding carboxylic acids is 1. The zero-order valence-electron chi connectivity index (χ0n) is 14.8. The third-order valence-corrected chi connectivity index (χ3v) is 4.63. The van der Waals surface area contributed by atoms with Crippen molar-refractivity contribution < 1.29 is 14.3 Å². The first-order valence-electron chi connectivity index (χ1n) is 8.12. The molecule has 0 spiro atoms. The van der Waals surface area contributed by atoms with Crippen LogP contribution < -0.4 is 10.3 Å². The standard InChI is InChI=1S/C20H17BrN2O4/c1-26-18-9-8-14(10-16(18)21)15-11-17(13-6-4-3-5-7-13)22-23(20(15)25)12-19(24)27-2/h3-11H,12H2,1-2H3. The number of esters is 1. The summed E-state index contributed by atoms with van der Waals surface area (Å²) in [5, 5.41) is 4.34. The van der Waals surface area contributed by atoms with Gasteiger partial charge in [0.15, 0.2) is 0 Å². The summed E-state index contributed by atoms with van der Waals surface area (Å²) >= 11 is 3.44. The van der Waals surface area contributed by atoms with Crippen LogP contribution >= 0.6 is 15.9 Å². The van der Waals surface area contributed by atoms with Crippen LogP contribution in [0.3, 0.4) is 0 Å². The van der Waals surface area contributed by atoms with E-state index in [4.69, 9.17) is 4.74 Å². The molecule has 7 heteroatoms. The maximum Gasteiger partial charge on any atom is 0.327 e. The van der Waals surface area contributed by atoms with E-state index in [1.165, 1.54) is 7.11 Å². The fraction of sp³-hybridized carbons (Fsp3) is 0.150. The predicted octanol–water partition coefficient (Wildman–Crippen LogP) is 3.52. The molecule has 0 amide bonds. The quantitative estimate of drug-likeness (QED) is 0.581. The van der Waals surface area contributed by atoms with Crippen LogP contribution in [-0.4, -0.2) is 30.0 Å². The fourth-order valence-electron chi connectivity index (χ4n) is 2.63. The van der Waals surface area contributed by atoms with Crippen molar-refractivity contribution >= 4 is 21.9 Å². The van der Waals surface area contributed by atoms with Crippen molar-refractivity contribution in [2.45, 2.75) is 6.54 Å². The second kappa shape index (κ2) is 8.18. The van der Waals surface area contributed by atoms with Gasteiger partial charge in [-0.2, -0.15) is 5.10 Å². The normalized spacial score (nSPS) is 10.5. The Labute approximate surface area is 164 Å². The highest BCUT2D eigenvalue weighted by Crippen LogP contribution is 2.30. The van der Waals surface area contributed by atoms with Gasteiger partial charge in [-0.15, -0.1) is 0 Å². The van der Waals surface area contributed by atoms with E-state index in [0.717, 1.165) is 14.7 Å². The van der Waals surface area contributed by atoms with E-state index in [0.29, 0.717) is 22.6 Å². The molecule has 0 aliphatic carbocycles. The molecule has 0 bridgehead atoms. The Kier molecular flexibility index (Phi) is 5.71. The molecule has 0 fully saturated rings.